The standard InChI is InChI=1S/C13H26N2O3/c1-13(2,3)10-15(6-4-7-16)12(17)14-11-5-8-18-9-11/h11,16H,4-10H2,1-3H3,(H,14,17). The number of urea groups is 1. The number of amides is 2. The first kappa shape index (κ1) is 15.2. The molecule has 0 bridgehead atoms. The van der Waals surface area contributed by atoms with Crippen LogP contribution in [0.2, 0.25) is 0 Å². The number of nitrogens with zero attached hydrogens (tertiary/aromatic N) is 1. The van der Waals surface area contributed by atoms with Gasteiger partial charge in [0.2, 0.25) is 0 Å². The Kier molecular flexibility index (Phi) is 5.88. The summed E-state index contributed by atoms with van der Waals surface area (Å²) in [4.78, 5) is 13.9. The minimum absolute atomic E-state index is 0.0473. The van der Waals surface area contributed by atoms with Gasteiger partial charge in [-0.3, -0.25) is 0 Å². The van der Waals surface area contributed by atoms with E-state index in [1.54, 1.807) is 4.90 Å². The Bertz CT molecular complexity index is 257. The van der Waals surface area contributed by atoms with Gasteiger partial charge in [0.05, 0.1) is 12.6 Å². The monoisotopic (exact) mass is 258 g/mol. The summed E-state index contributed by atoms with van der Waals surface area (Å²) < 4.78 is 5.25. The number of ether oxygens (including phenoxy) is 1. The van der Waals surface area contributed by atoms with Crippen molar-refractivity contribution in [3.63, 3.8) is 0 Å². The summed E-state index contributed by atoms with van der Waals surface area (Å²) in [5.41, 5.74) is 0.0545. The summed E-state index contributed by atoms with van der Waals surface area (Å²) in [6, 6.07) is 0.0861. The molecule has 0 saturated carbocycles. The highest BCUT2D eigenvalue weighted by atomic mass is 16.5. The fraction of sp³-hybridized carbons (Fsp3) is 0.923. The van der Waals surface area contributed by atoms with Crippen molar-refractivity contribution < 1.29 is 14.6 Å². The first-order valence-electron chi connectivity index (χ1n) is 6.66. The zero-order valence-electron chi connectivity index (χ0n) is 11.7. The average Bonchev–Trinajstić information content (AvgIpc) is 2.75. The lowest BCUT2D eigenvalue weighted by Gasteiger charge is -2.31. The number of carbonyl (C=O) groups excluding carboxylic acids is 1. The molecule has 0 radical (unpaired) electrons. The first-order chi connectivity index (χ1) is 8.42. The van der Waals surface area contributed by atoms with Gasteiger partial charge in [0.1, 0.15) is 0 Å². The molecule has 0 aromatic carbocycles. The molecule has 1 rings (SSSR count). The molecule has 1 heterocycles. The number of hydrogen-bond donors (Lipinski definition) is 2. The molecule has 2 amide bonds. The molecule has 1 unspecified atom stereocenters. The van der Waals surface area contributed by atoms with Crippen LogP contribution in [0.3, 0.4) is 0 Å². The minimum atomic E-state index is -0.0473. The molecule has 1 aliphatic rings. The molecule has 2 N–H and O–H groups in total. The van der Waals surface area contributed by atoms with E-state index < -0.39 is 0 Å². The largest absolute Gasteiger partial charge is 0.396 e. The van der Waals surface area contributed by atoms with Crippen molar-refractivity contribution >= 4 is 6.03 Å². The second kappa shape index (κ2) is 6.95. The quantitative estimate of drug-likeness (QED) is 0.779. The summed E-state index contributed by atoms with van der Waals surface area (Å²) in [6.07, 6.45) is 1.50. The number of aliphatic hydroxyl groups excluding tert-OH is 1. The van der Waals surface area contributed by atoms with E-state index in [4.69, 9.17) is 9.84 Å². The van der Waals surface area contributed by atoms with Crippen LogP contribution in [-0.2, 0) is 4.74 Å². The Hall–Kier alpha value is -0.810. The van der Waals surface area contributed by atoms with E-state index in [0.717, 1.165) is 13.0 Å². The van der Waals surface area contributed by atoms with E-state index >= 15 is 0 Å². The predicted octanol–water partition coefficient (Wildman–Crippen LogP) is 1.22. The molecular weight excluding hydrogens is 232 g/mol. The maximum Gasteiger partial charge on any atom is 0.317 e. The molecule has 106 valence electrons. The molecule has 0 aromatic rings. The number of carbonyl (C=O) groups is 1. The number of nitrogens with one attached hydrogen (secondary N) is 1. The van der Waals surface area contributed by atoms with Crippen LogP contribution in [0.15, 0.2) is 0 Å². The van der Waals surface area contributed by atoms with E-state index in [0.29, 0.717) is 26.1 Å². The predicted molar refractivity (Wildman–Crippen MR) is 70.5 cm³/mol. The van der Waals surface area contributed by atoms with Crippen LogP contribution in [0.25, 0.3) is 0 Å². The van der Waals surface area contributed by atoms with Crippen molar-refractivity contribution in [1.29, 1.82) is 0 Å². The van der Waals surface area contributed by atoms with Gasteiger partial charge in [0.15, 0.2) is 0 Å². The molecule has 0 aliphatic carbocycles. The SMILES string of the molecule is CC(C)(C)CN(CCCO)C(=O)NC1CCOC1. The van der Waals surface area contributed by atoms with Crippen LogP contribution in [0.5, 0.6) is 0 Å². The van der Waals surface area contributed by atoms with Gasteiger partial charge in [-0.2, -0.15) is 0 Å². The van der Waals surface area contributed by atoms with E-state index in [2.05, 4.69) is 26.1 Å². The van der Waals surface area contributed by atoms with Gasteiger partial charge in [-0.05, 0) is 18.3 Å². The summed E-state index contributed by atoms with van der Waals surface area (Å²) in [6.45, 7) is 9.02. The van der Waals surface area contributed by atoms with Gasteiger partial charge in [-0.1, -0.05) is 20.8 Å². The fourth-order valence-corrected chi connectivity index (χ4v) is 2.00. The van der Waals surface area contributed by atoms with Gasteiger partial charge < -0.3 is 20.1 Å². The Morgan fingerprint density at radius 1 is 1.50 bits per heavy atom. The van der Waals surface area contributed by atoms with Crippen LogP contribution in [0.4, 0.5) is 4.79 Å². The number of aliphatic hydroxyl groups is 1. The first-order valence-corrected chi connectivity index (χ1v) is 6.66. The Morgan fingerprint density at radius 3 is 2.72 bits per heavy atom. The van der Waals surface area contributed by atoms with Crippen LogP contribution in [0.1, 0.15) is 33.6 Å². The van der Waals surface area contributed by atoms with Gasteiger partial charge in [0, 0.05) is 26.3 Å². The molecule has 1 atom stereocenters. The van der Waals surface area contributed by atoms with Crippen LogP contribution < -0.4 is 5.32 Å². The normalized spacial score (nSPS) is 19.9. The topological polar surface area (TPSA) is 61.8 Å². The lowest BCUT2D eigenvalue weighted by molar-refractivity contribution is 0.157. The van der Waals surface area contributed by atoms with Crippen molar-refractivity contribution in [2.75, 3.05) is 32.9 Å². The van der Waals surface area contributed by atoms with Crippen molar-refractivity contribution in [1.82, 2.24) is 10.2 Å². The van der Waals surface area contributed by atoms with E-state index in [1.807, 2.05) is 0 Å². The molecule has 1 saturated heterocycles. The molecule has 5 nitrogen and oxygen atoms in total. The molecular formula is C13H26N2O3. The van der Waals surface area contributed by atoms with Crippen molar-refractivity contribution in [3.8, 4) is 0 Å². The third kappa shape index (κ3) is 5.69. The van der Waals surface area contributed by atoms with Crippen molar-refractivity contribution in [2.45, 2.75) is 39.7 Å². The molecule has 5 heteroatoms. The second-order valence-electron chi connectivity index (χ2n) is 6.07. The van der Waals surface area contributed by atoms with Crippen molar-refractivity contribution in [3.05, 3.63) is 0 Å². The van der Waals surface area contributed by atoms with Gasteiger partial charge in [-0.15, -0.1) is 0 Å². The summed E-state index contributed by atoms with van der Waals surface area (Å²) in [5, 5.41) is 11.9. The minimum Gasteiger partial charge on any atom is -0.396 e. The van der Waals surface area contributed by atoms with E-state index in [9.17, 15) is 4.79 Å². The number of rotatable bonds is 5. The van der Waals surface area contributed by atoms with Crippen molar-refractivity contribution in [2.24, 2.45) is 5.41 Å². The van der Waals surface area contributed by atoms with Gasteiger partial charge in [-0.25, -0.2) is 4.79 Å². The summed E-state index contributed by atoms with van der Waals surface area (Å²) in [7, 11) is 0. The van der Waals surface area contributed by atoms with E-state index in [-0.39, 0.29) is 24.1 Å². The highest BCUT2D eigenvalue weighted by Crippen LogP contribution is 2.16. The summed E-state index contributed by atoms with van der Waals surface area (Å²) in [5.74, 6) is 0. The number of hydrogen-bond acceptors (Lipinski definition) is 3. The Balaban J connectivity index is 2.48. The highest BCUT2D eigenvalue weighted by Gasteiger charge is 2.24. The highest BCUT2D eigenvalue weighted by molar-refractivity contribution is 5.74. The Morgan fingerprint density at radius 2 is 2.22 bits per heavy atom. The maximum atomic E-state index is 12.2. The van der Waals surface area contributed by atoms with E-state index in [1.165, 1.54) is 0 Å². The maximum absolute atomic E-state index is 12.2. The molecule has 18 heavy (non-hydrogen) atoms. The third-order valence-electron chi connectivity index (χ3n) is 2.80. The summed E-state index contributed by atoms with van der Waals surface area (Å²) >= 11 is 0. The second-order valence-corrected chi connectivity index (χ2v) is 6.07. The third-order valence-corrected chi connectivity index (χ3v) is 2.80. The molecule has 0 aromatic heterocycles. The average molecular weight is 258 g/mol. The lowest BCUT2D eigenvalue weighted by atomic mass is 9.96. The fourth-order valence-electron chi connectivity index (χ4n) is 2.00. The zero-order chi connectivity index (χ0) is 13.6. The lowest BCUT2D eigenvalue weighted by Crippen LogP contribution is -2.48. The van der Waals surface area contributed by atoms with Crippen LogP contribution in [-0.4, -0.2) is 55.0 Å². The van der Waals surface area contributed by atoms with Crippen LogP contribution in [0, 0.1) is 5.41 Å². The van der Waals surface area contributed by atoms with Crippen LogP contribution >= 0.6 is 0 Å². The Labute approximate surface area is 109 Å². The zero-order valence-corrected chi connectivity index (χ0v) is 11.7. The smallest absolute Gasteiger partial charge is 0.317 e. The molecule has 0 spiro atoms. The molecule has 1 fully saturated rings. The van der Waals surface area contributed by atoms with Gasteiger partial charge in [0.25, 0.3) is 0 Å². The van der Waals surface area contributed by atoms with Gasteiger partial charge >= 0.3 is 6.03 Å². The molecule has 1 aliphatic heterocycles.